The molecule has 0 atom stereocenters. The summed E-state index contributed by atoms with van der Waals surface area (Å²) in [6.07, 6.45) is 4.84. The molecule has 3 rings (SSSR count). The van der Waals surface area contributed by atoms with Gasteiger partial charge in [-0.15, -0.1) is 0 Å². The predicted octanol–water partition coefficient (Wildman–Crippen LogP) is -0.482. The minimum Gasteiger partial charge on any atom is -0.324 e. The maximum Gasteiger partial charge on any atom is 0.330 e. The lowest BCUT2D eigenvalue weighted by atomic mass is 9.97. The van der Waals surface area contributed by atoms with Gasteiger partial charge in [-0.2, -0.15) is 4.31 Å². The highest BCUT2D eigenvalue weighted by Crippen LogP contribution is 2.23. The van der Waals surface area contributed by atoms with Crippen molar-refractivity contribution in [3.63, 3.8) is 0 Å². The molecule has 0 bridgehead atoms. The fraction of sp³-hybridized carbons (Fsp3) is 0.412. The number of hydrogen-bond donors (Lipinski definition) is 1. The highest BCUT2D eigenvalue weighted by atomic mass is 32.2. The van der Waals surface area contributed by atoms with Crippen LogP contribution in [0.1, 0.15) is 12.8 Å². The van der Waals surface area contributed by atoms with E-state index in [1.54, 1.807) is 18.3 Å². The van der Waals surface area contributed by atoms with Gasteiger partial charge in [-0.25, -0.2) is 13.2 Å². The summed E-state index contributed by atoms with van der Waals surface area (Å²) in [4.78, 5) is 39.9. The summed E-state index contributed by atoms with van der Waals surface area (Å²) < 4.78 is 28.8. The van der Waals surface area contributed by atoms with Gasteiger partial charge in [-0.1, -0.05) is 0 Å². The number of aromatic nitrogens is 3. The van der Waals surface area contributed by atoms with Crippen LogP contribution in [0.15, 0.2) is 45.2 Å². The van der Waals surface area contributed by atoms with Gasteiger partial charge < -0.3 is 9.88 Å². The van der Waals surface area contributed by atoms with E-state index in [1.807, 2.05) is 0 Å². The molecular weight excluding hydrogens is 386 g/mol. The van der Waals surface area contributed by atoms with Crippen LogP contribution in [0, 0.1) is 5.92 Å². The van der Waals surface area contributed by atoms with Crippen molar-refractivity contribution in [1.82, 2.24) is 18.4 Å². The molecular formula is C17H21N5O5S. The van der Waals surface area contributed by atoms with Crippen LogP contribution in [0.4, 0.5) is 5.69 Å². The van der Waals surface area contributed by atoms with E-state index in [9.17, 15) is 22.8 Å². The molecule has 0 aromatic carbocycles. The fourth-order valence-electron chi connectivity index (χ4n) is 3.13. The van der Waals surface area contributed by atoms with Crippen molar-refractivity contribution in [1.29, 1.82) is 0 Å². The highest BCUT2D eigenvalue weighted by molar-refractivity contribution is 7.89. The summed E-state index contributed by atoms with van der Waals surface area (Å²) in [5.41, 5.74) is -0.884. The molecule has 1 N–H and O–H groups in total. The molecule has 1 saturated heterocycles. The third kappa shape index (κ3) is 3.76. The maximum absolute atomic E-state index is 12.9. The molecule has 1 aliphatic rings. The van der Waals surface area contributed by atoms with Crippen molar-refractivity contribution >= 4 is 21.6 Å². The molecule has 0 radical (unpaired) electrons. The SMILES string of the molecule is Cn1cc(S(=O)(=O)N2CCC(C(=O)Nc3cccnc3)CC2)c(=O)n(C)c1=O. The van der Waals surface area contributed by atoms with Gasteiger partial charge in [0.2, 0.25) is 15.9 Å². The van der Waals surface area contributed by atoms with Gasteiger partial charge in [-0.3, -0.25) is 19.1 Å². The molecule has 0 unspecified atom stereocenters. The molecule has 150 valence electrons. The standard InChI is InChI=1S/C17H21N5O5S/c1-20-11-14(16(24)21(2)17(20)25)28(26,27)22-8-5-12(6-9-22)15(23)19-13-4-3-7-18-10-13/h3-4,7,10-12H,5-6,8-9H2,1-2H3,(H,19,23). The molecule has 0 aliphatic carbocycles. The molecule has 1 fully saturated rings. The Morgan fingerprint density at radius 3 is 2.50 bits per heavy atom. The Bertz CT molecular complexity index is 1100. The Hall–Kier alpha value is -2.79. The van der Waals surface area contributed by atoms with Crippen LogP contribution in [0.5, 0.6) is 0 Å². The quantitative estimate of drug-likeness (QED) is 0.730. The zero-order chi connectivity index (χ0) is 20.5. The van der Waals surface area contributed by atoms with Crippen molar-refractivity contribution in [2.45, 2.75) is 17.7 Å². The zero-order valence-electron chi connectivity index (χ0n) is 15.5. The number of pyridine rings is 1. The number of sulfonamides is 1. The lowest BCUT2D eigenvalue weighted by molar-refractivity contribution is -0.120. The smallest absolute Gasteiger partial charge is 0.324 e. The number of nitrogens with one attached hydrogen (secondary N) is 1. The summed E-state index contributed by atoms with van der Waals surface area (Å²) in [7, 11) is -1.44. The van der Waals surface area contributed by atoms with Gasteiger partial charge in [0.15, 0.2) is 4.90 Å². The van der Waals surface area contributed by atoms with Gasteiger partial charge in [0, 0.05) is 45.5 Å². The number of nitrogens with zero attached hydrogens (tertiary/aromatic N) is 4. The van der Waals surface area contributed by atoms with Crippen LogP contribution in [-0.4, -0.2) is 45.8 Å². The van der Waals surface area contributed by atoms with Gasteiger partial charge in [0.05, 0.1) is 11.9 Å². The molecule has 1 amide bonds. The predicted molar refractivity (Wildman–Crippen MR) is 101 cm³/mol. The topological polar surface area (TPSA) is 123 Å². The Morgan fingerprint density at radius 2 is 1.89 bits per heavy atom. The van der Waals surface area contributed by atoms with Gasteiger partial charge in [-0.05, 0) is 25.0 Å². The Balaban J connectivity index is 1.73. The first kappa shape index (κ1) is 20.0. The zero-order valence-corrected chi connectivity index (χ0v) is 16.3. The molecule has 2 aromatic rings. The molecule has 28 heavy (non-hydrogen) atoms. The van der Waals surface area contributed by atoms with Gasteiger partial charge >= 0.3 is 5.69 Å². The van der Waals surface area contributed by atoms with Crippen molar-refractivity contribution in [3.05, 3.63) is 51.6 Å². The minimum atomic E-state index is -4.06. The molecule has 3 heterocycles. The first-order valence-corrected chi connectivity index (χ1v) is 10.1. The molecule has 1 aliphatic heterocycles. The van der Waals surface area contributed by atoms with Crippen LogP contribution < -0.4 is 16.6 Å². The van der Waals surface area contributed by atoms with Crippen molar-refractivity contribution in [2.75, 3.05) is 18.4 Å². The average Bonchev–Trinajstić information content (AvgIpc) is 2.69. The van der Waals surface area contributed by atoms with E-state index in [0.29, 0.717) is 18.5 Å². The third-order valence-electron chi connectivity index (χ3n) is 4.79. The minimum absolute atomic E-state index is 0.111. The first-order chi connectivity index (χ1) is 13.2. The first-order valence-electron chi connectivity index (χ1n) is 8.69. The number of carbonyl (C=O) groups is 1. The number of hydrogen-bond acceptors (Lipinski definition) is 6. The van der Waals surface area contributed by atoms with Crippen LogP contribution >= 0.6 is 0 Å². The number of anilines is 1. The second-order valence-corrected chi connectivity index (χ2v) is 8.57. The second kappa shape index (κ2) is 7.68. The molecule has 0 saturated carbocycles. The molecule has 11 heteroatoms. The van der Waals surface area contributed by atoms with E-state index >= 15 is 0 Å². The van der Waals surface area contributed by atoms with Crippen molar-refractivity contribution in [2.24, 2.45) is 20.0 Å². The van der Waals surface area contributed by atoms with Crippen LogP contribution in [-0.2, 0) is 28.9 Å². The lowest BCUT2D eigenvalue weighted by Gasteiger charge is -2.30. The highest BCUT2D eigenvalue weighted by Gasteiger charge is 2.34. The number of aryl methyl sites for hydroxylation is 1. The Labute approximate surface area is 161 Å². The molecule has 10 nitrogen and oxygen atoms in total. The summed E-state index contributed by atoms with van der Waals surface area (Å²) in [6.45, 7) is 0.221. The summed E-state index contributed by atoms with van der Waals surface area (Å²) in [5.74, 6) is -0.530. The van der Waals surface area contributed by atoms with E-state index < -0.39 is 26.2 Å². The van der Waals surface area contributed by atoms with Crippen LogP contribution in [0.25, 0.3) is 0 Å². The van der Waals surface area contributed by atoms with Crippen molar-refractivity contribution in [3.8, 4) is 0 Å². The average molecular weight is 407 g/mol. The van der Waals surface area contributed by atoms with Gasteiger partial charge in [0.1, 0.15) is 0 Å². The van der Waals surface area contributed by atoms with Crippen LogP contribution in [0.3, 0.4) is 0 Å². The van der Waals surface area contributed by atoms with E-state index in [1.165, 1.54) is 24.6 Å². The lowest BCUT2D eigenvalue weighted by Crippen LogP contribution is -2.45. The van der Waals surface area contributed by atoms with E-state index in [0.717, 1.165) is 15.3 Å². The van der Waals surface area contributed by atoms with E-state index in [2.05, 4.69) is 10.3 Å². The van der Waals surface area contributed by atoms with Crippen LogP contribution in [0.2, 0.25) is 0 Å². The van der Waals surface area contributed by atoms with Gasteiger partial charge in [0.25, 0.3) is 5.56 Å². The van der Waals surface area contributed by atoms with E-state index in [-0.39, 0.29) is 24.9 Å². The largest absolute Gasteiger partial charge is 0.330 e. The Morgan fingerprint density at radius 1 is 1.21 bits per heavy atom. The van der Waals surface area contributed by atoms with Crippen molar-refractivity contribution < 1.29 is 13.2 Å². The summed E-state index contributed by atoms with van der Waals surface area (Å²) in [5, 5.41) is 2.77. The summed E-state index contributed by atoms with van der Waals surface area (Å²) >= 11 is 0. The van der Waals surface area contributed by atoms with E-state index in [4.69, 9.17) is 0 Å². The third-order valence-corrected chi connectivity index (χ3v) is 6.67. The number of piperidine rings is 1. The normalized spacial score (nSPS) is 16.1. The molecule has 2 aromatic heterocycles. The number of rotatable bonds is 4. The monoisotopic (exact) mass is 407 g/mol. The summed E-state index contributed by atoms with van der Waals surface area (Å²) in [6, 6.07) is 3.43. The number of amides is 1. The Kier molecular flexibility index (Phi) is 5.47. The second-order valence-electron chi connectivity index (χ2n) is 6.66. The maximum atomic E-state index is 12.9. The number of carbonyl (C=O) groups excluding carboxylic acids is 1. The molecule has 0 spiro atoms. The fourth-order valence-corrected chi connectivity index (χ4v) is 4.75.